The first-order valence-electron chi connectivity index (χ1n) is 6.40. The van der Waals surface area contributed by atoms with Crippen LogP contribution in [0.25, 0.3) is 6.08 Å². The van der Waals surface area contributed by atoms with Gasteiger partial charge in [0.05, 0.1) is 0 Å². The molecule has 1 aromatic carbocycles. The standard InChI is InChI=1S/C16H18O5/c1-4-11(2)10-20-16(19)8-6-13-5-7-15(14(18)9-13)21-12(3)17/h4-9,18H,10H2,1-3H3/b8-6+,11-4+. The van der Waals surface area contributed by atoms with Crippen LogP contribution in [0.15, 0.2) is 35.9 Å². The van der Waals surface area contributed by atoms with E-state index in [0.29, 0.717) is 5.56 Å². The summed E-state index contributed by atoms with van der Waals surface area (Å²) in [6.07, 6.45) is 4.64. The summed E-state index contributed by atoms with van der Waals surface area (Å²) in [7, 11) is 0. The Morgan fingerprint density at radius 2 is 2.00 bits per heavy atom. The Balaban J connectivity index is 2.66. The van der Waals surface area contributed by atoms with E-state index in [1.165, 1.54) is 31.2 Å². The molecule has 0 saturated heterocycles. The zero-order valence-electron chi connectivity index (χ0n) is 12.3. The number of esters is 2. The molecular weight excluding hydrogens is 272 g/mol. The summed E-state index contributed by atoms with van der Waals surface area (Å²) in [6.45, 7) is 5.22. The molecule has 1 N–H and O–H groups in total. The molecule has 5 nitrogen and oxygen atoms in total. The van der Waals surface area contributed by atoms with E-state index in [1.54, 1.807) is 6.07 Å². The average Bonchev–Trinajstić information content (AvgIpc) is 2.44. The van der Waals surface area contributed by atoms with Gasteiger partial charge in [-0.25, -0.2) is 4.79 Å². The van der Waals surface area contributed by atoms with Gasteiger partial charge in [-0.3, -0.25) is 4.79 Å². The Hall–Kier alpha value is -2.56. The summed E-state index contributed by atoms with van der Waals surface area (Å²) in [5.41, 5.74) is 1.54. The predicted octanol–water partition coefficient (Wildman–Crippen LogP) is 2.84. The van der Waals surface area contributed by atoms with Crippen molar-refractivity contribution in [2.24, 2.45) is 0 Å². The lowest BCUT2D eigenvalue weighted by atomic mass is 10.2. The number of rotatable bonds is 5. The van der Waals surface area contributed by atoms with Crippen molar-refractivity contribution in [3.05, 3.63) is 41.5 Å². The highest BCUT2D eigenvalue weighted by molar-refractivity contribution is 5.87. The molecule has 0 unspecified atom stereocenters. The highest BCUT2D eigenvalue weighted by Gasteiger charge is 2.05. The second-order valence-corrected chi connectivity index (χ2v) is 4.40. The number of benzene rings is 1. The van der Waals surface area contributed by atoms with E-state index in [0.717, 1.165) is 5.57 Å². The largest absolute Gasteiger partial charge is 0.504 e. The lowest BCUT2D eigenvalue weighted by Crippen LogP contribution is -2.03. The van der Waals surface area contributed by atoms with Crippen molar-refractivity contribution in [1.29, 1.82) is 0 Å². The third-order valence-corrected chi connectivity index (χ3v) is 2.58. The van der Waals surface area contributed by atoms with Crippen molar-refractivity contribution in [1.82, 2.24) is 0 Å². The number of aromatic hydroxyl groups is 1. The highest BCUT2D eigenvalue weighted by atomic mass is 16.5. The highest BCUT2D eigenvalue weighted by Crippen LogP contribution is 2.27. The minimum absolute atomic E-state index is 0.0749. The lowest BCUT2D eigenvalue weighted by molar-refractivity contribution is -0.136. The maximum atomic E-state index is 11.5. The summed E-state index contributed by atoms with van der Waals surface area (Å²) in [6, 6.07) is 4.45. The van der Waals surface area contributed by atoms with Crippen LogP contribution in [0.4, 0.5) is 0 Å². The van der Waals surface area contributed by atoms with Crippen molar-refractivity contribution in [2.45, 2.75) is 20.8 Å². The Morgan fingerprint density at radius 3 is 2.57 bits per heavy atom. The second kappa shape index (κ2) is 7.89. The molecule has 5 heteroatoms. The van der Waals surface area contributed by atoms with Crippen molar-refractivity contribution in [3.63, 3.8) is 0 Å². The number of allylic oxidation sites excluding steroid dienone is 1. The van der Waals surface area contributed by atoms with Gasteiger partial charge in [-0.15, -0.1) is 0 Å². The van der Waals surface area contributed by atoms with Gasteiger partial charge in [0.2, 0.25) is 0 Å². The summed E-state index contributed by atoms with van der Waals surface area (Å²) in [5.74, 6) is -1.09. The van der Waals surface area contributed by atoms with Crippen LogP contribution in [0.1, 0.15) is 26.3 Å². The fourth-order valence-corrected chi connectivity index (χ4v) is 1.36. The summed E-state index contributed by atoms with van der Waals surface area (Å²) >= 11 is 0. The zero-order chi connectivity index (χ0) is 15.8. The van der Waals surface area contributed by atoms with E-state index in [9.17, 15) is 14.7 Å². The minimum atomic E-state index is -0.517. The van der Waals surface area contributed by atoms with Gasteiger partial charge in [0, 0.05) is 13.0 Å². The number of hydrogen-bond donors (Lipinski definition) is 1. The SMILES string of the molecule is C/C=C(\C)COC(=O)/C=C/c1ccc(OC(C)=O)c(O)c1. The second-order valence-electron chi connectivity index (χ2n) is 4.40. The maximum Gasteiger partial charge on any atom is 0.331 e. The minimum Gasteiger partial charge on any atom is -0.504 e. The van der Waals surface area contributed by atoms with Crippen LogP contribution in [-0.4, -0.2) is 23.7 Å². The quantitative estimate of drug-likeness (QED) is 0.391. The fraction of sp³-hybridized carbons (Fsp3) is 0.250. The number of ether oxygens (including phenoxy) is 2. The third kappa shape index (κ3) is 5.95. The summed E-state index contributed by atoms with van der Waals surface area (Å²) < 4.78 is 9.79. The molecule has 0 aliphatic rings. The van der Waals surface area contributed by atoms with Gasteiger partial charge in [-0.1, -0.05) is 12.1 Å². The van der Waals surface area contributed by atoms with Gasteiger partial charge in [0.1, 0.15) is 6.61 Å². The number of carbonyl (C=O) groups excluding carboxylic acids is 2. The molecule has 0 radical (unpaired) electrons. The number of hydrogen-bond acceptors (Lipinski definition) is 5. The van der Waals surface area contributed by atoms with Crippen LogP contribution in [0.5, 0.6) is 11.5 Å². The molecule has 0 aliphatic carbocycles. The molecule has 0 spiro atoms. The molecule has 0 fully saturated rings. The van der Waals surface area contributed by atoms with Crippen molar-refractivity contribution in [3.8, 4) is 11.5 Å². The van der Waals surface area contributed by atoms with Gasteiger partial charge >= 0.3 is 11.9 Å². The molecule has 0 atom stereocenters. The molecular formula is C16H18O5. The average molecular weight is 290 g/mol. The molecule has 1 aromatic rings. The van der Waals surface area contributed by atoms with Gasteiger partial charge in [-0.05, 0) is 43.2 Å². The monoisotopic (exact) mass is 290 g/mol. The van der Waals surface area contributed by atoms with Crippen molar-refractivity contribution >= 4 is 18.0 Å². The lowest BCUT2D eigenvalue weighted by Gasteiger charge is -2.04. The molecule has 0 heterocycles. The predicted molar refractivity (Wildman–Crippen MR) is 78.8 cm³/mol. The summed E-state index contributed by atoms with van der Waals surface area (Å²) in [4.78, 5) is 22.3. The Bertz CT molecular complexity index is 584. The van der Waals surface area contributed by atoms with E-state index < -0.39 is 11.9 Å². The maximum absolute atomic E-state index is 11.5. The number of phenols is 1. The van der Waals surface area contributed by atoms with E-state index in [1.807, 2.05) is 19.9 Å². The van der Waals surface area contributed by atoms with Gasteiger partial charge < -0.3 is 14.6 Å². The normalized spacial score (nSPS) is 11.5. The fourth-order valence-electron chi connectivity index (χ4n) is 1.36. The summed E-state index contributed by atoms with van der Waals surface area (Å²) in [5, 5.41) is 9.68. The van der Waals surface area contributed by atoms with Gasteiger partial charge in [0.25, 0.3) is 0 Å². The van der Waals surface area contributed by atoms with E-state index in [-0.39, 0.29) is 18.1 Å². The topological polar surface area (TPSA) is 72.8 Å². The van der Waals surface area contributed by atoms with Gasteiger partial charge in [-0.2, -0.15) is 0 Å². The van der Waals surface area contributed by atoms with Crippen LogP contribution in [-0.2, 0) is 14.3 Å². The van der Waals surface area contributed by atoms with E-state index in [4.69, 9.17) is 9.47 Å². The first kappa shape index (κ1) is 16.5. The smallest absolute Gasteiger partial charge is 0.331 e. The Labute approximate surface area is 123 Å². The molecule has 21 heavy (non-hydrogen) atoms. The van der Waals surface area contributed by atoms with Crippen LogP contribution < -0.4 is 4.74 Å². The Morgan fingerprint density at radius 1 is 1.29 bits per heavy atom. The van der Waals surface area contributed by atoms with E-state index in [2.05, 4.69) is 0 Å². The van der Waals surface area contributed by atoms with Crippen LogP contribution in [0.3, 0.4) is 0 Å². The Kier molecular flexibility index (Phi) is 6.20. The molecule has 0 aromatic heterocycles. The number of phenolic OH excluding ortho intramolecular Hbond substituents is 1. The first-order valence-corrected chi connectivity index (χ1v) is 6.40. The van der Waals surface area contributed by atoms with Crippen LogP contribution in [0.2, 0.25) is 0 Å². The first-order chi connectivity index (χ1) is 9.92. The van der Waals surface area contributed by atoms with Crippen molar-refractivity contribution in [2.75, 3.05) is 6.61 Å². The zero-order valence-corrected chi connectivity index (χ0v) is 12.3. The molecule has 0 bridgehead atoms. The molecule has 112 valence electrons. The number of carbonyl (C=O) groups is 2. The molecule has 0 aliphatic heterocycles. The van der Waals surface area contributed by atoms with Crippen LogP contribution >= 0.6 is 0 Å². The van der Waals surface area contributed by atoms with E-state index >= 15 is 0 Å². The van der Waals surface area contributed by atoms with Crippen LogP contribution in [0, 0.1) is 0 Å². The molecule has 0 amide bonds. The third-order valence-electron chi connectivity index (χ3n) is 2.58. The molecule has 1 rings (SSSR count). The van der Waals surface area contributed by atoms with Gasteiger partial charge in [0.15, 0.2) is 11.5 Å². The van der Waals surface area contributed by atoms with Crippen molar-refractivity contribution < 1.29 is 24.2 Å². The molecule has 0 saturated carbocycles.